The van der Waals surface area contributed by atoms with E-state index in [0.717, 1.165) is 31.9 Å². The zero-order valence-electron chi connectivity index (χ0n) is 12.9. The van der Waals surface area contributed by atoms with Gasteiger partial charge in [-0.15, -0.1) is 0 Å². The highest BCUT2D eigenvalue weighted by atomic mass is 16.3. The van der Waals surface area contributed by atoms with Crippen LogP contribution in [0.4, 0.5) is 0 Å². The number of aromatic nitrogens is 2. The average molecular weight is 300 g/mol. The van der Waals surface area contributed by atoms with E-state index in [0.29, 0.717) is 6.54 Å². The molecule has 0 saturated carbocycles. The Morgan fingerprint density at radius 1 is 1.23 bits per heavy atom. The zero-order valence-corrected chi connectivity index (χ0v) is 12.9. The molecule has 3 rings (SSSR count). The van der Waals surface area contributed by atoms with Crippen molar-refractivity contribution >= 4 is 0 Å². The van der Waals surface area contributed by atoms with Crippen LogP contribution < -0.4 is 5.32 Å². The van der Waals surface area contributed by atoms with E-state index in [1.165, 1.54) is 18.4 Å². The van der Waals surface area contributed by atoms with Crippen molar-refractivity contribution in [3.63, 3.8) is 0 Å². The molecule has 0 aliphatic carbocycles. The molecule has 2 N–H and O–H groups in total. The first-order chi connectivity index (χ1) is 10.8. The summed E-state index contributed by atoms with van der Waals surface area (Å²) in [5.41, 5.74) is 2.25. The average Bonchev–Trinajstić information content (AvgIpc) is 3.21. The van der Waals surface area contributed by atoms with Crippen LogP contribution in [0.15, 0.2) is 42.7 Å². The van der Waals surface area contributed by atoms with Crippen molar-refractivity contribution in [2.24, 2.45) is 0 Å². The lowest BCUT2D eigenvalue weighted by Gasteiger charge is -2.19. The largest absolute Gasteiger partial charge is 0.390 e. The summed E-state index contributed by atoms with van der Waals surface area (Å²) in [6, 6.07) is 10.2. The second kappa shape index (κ2) is 7.54. The highest BCUT2D eigenvalue weighted by Crippen LogP contribution is 2.10. The number of rotatable bonds is 7. The monoisotopic (exact) mass is 300 g/mol. The Balaban J connectivity index is 1.46. The Morgan fingerprint density at radius 2 is 2.09 bits per heavy atom. The summed E-state index contributed by atoms with van der Waals surface area (Å²) < 4.78 is 1.85. The number of nitrogens with one attached hydrogen (secondary N) is 1. The Labute approximate surface area is 131 Å². The number of hydrogen-bond acceptors (Lipinski definition) is 4. The van der Waals surface area contributed by atoms with Crippen LogP contribution in [0.25, 0.3) is 5.69 Å². The zero-order chi connectivity index (χ0) is 15.2. The Morgan fingerprint density at radius 3 is 2.86 bits per heavy atom. The Kier molecular flexibility index (Phi) is 5.21. The summed E-state index contributed by atoms with van der Waals surface area (Å²) >= 11 is 0. The van der Waals surface area contributed by atoms with Gasteiger partial charge in [0.1, 0.15) is 0 Å². The number of likely N-dealkylation sites (tertiary alicyclic amines) is 1. The summed E-state index contributed by atoms with van der Waals surface area (Å²) in [5.74, 6) is 0. The van der Waals surface area contributed by atoms with Gasteiger partial charge in [-0.05, 0) is 49.7 Å². The first kappa shape index (κ1) is 15.2. The van der Waals surface area contributed by atoms with E-state index >= 15 is 0 Å². The van der Waals surface area contributed by atoms with Crippen molar-refractivity contribution in [2.45, 2.75) is 25.5 Å². The van der Waals surface area contributed by atoms with Gasteiger partial charge in [0.05, 0.1) is 11.8 Å². The normalized spacial score (nSPS) is 17.0. The minimum atomic E-state index is -0.299. The van der Waals surface area contributed by atoms with E-state index < -0.39 is 0 Å². The second-order valence-electron chi connectivity index (χ2n) is 5.91. The van der Waals surface area contributed by atoms with Gasteiger partial charge < -0.3 is 15.3 Å². The van der Waals surface area contributed by atoms with E-state index in [1.54, 1.807) is 6.20 Å². The van der Waals surface area contributed by atoms with E-state index in [1.807, 2.05) is 29.1 Å². The number of aliphatic hydroxyl groups excluding tert-OH is 1. The van der Waals surface area contributed by atoms with E-state index in [2.05, 4.69) is 27.4 Å². The van der Waals surface area contributed by atoms with Crippen LogP contribution in [0.2, 0.25) is 0 Å². The maximum Gasteiger partial charge on any atom is 0.0791 e. The quantitative estimate of drug-likeness (QED) is 0.812. The van der Waals surface area contributed by atoms with Crippen LogP contribution in [-0.4, -0.2) is 52.1 Å². The fourth-order valence-electron chi connectivity index (χ4n) is 2.94. The molecule has 2 heterocycles. The highest BCUT2D eigenvalue weighted by Gasteiger charge is 2.15. The SMILES string of the molecule is OC(CNCc1cccc(-n2cccn2)c1)CN1CCCC1. The Bertz CT molecular complexity index is 564. The number of aliphatic hydroxyl groups is 1. The van der Waals surface area contributed by atoms with Crippen LogP contribution in [0, 0.1) is 0 Å². The Hall–Kier alpha value is -1.69. The van der Waals surface area contributed by atoms with Crippen LogP contribution in [0.3, 0.4) is 0 Å². The van der Waals surface area contributed by atoms with Gasteiger partial charge in [0.25, 0.3) is 0 Å². The van der Waals surface area contributed by atoms with Crippen molar-refractivity contribution in [2.75, 3.05) is 26.2 Å². The standard InChI is InChI=1S/C17H24N4O/c22-17(14-20-8-1-2-9-20)13-18-12-15-5-3-6-16(11-15)21-10-4-7-19-21/h3-7,10-11,17-18,22H,1-2,8-9,12-14H2. The van der Waals surface area contributed by atoms with Crippen molar-refractivity contribution in [1.29, 1.82) is 0 Å². The topological polar surface area (TPSA) is 53.3 Å². The summed E-state index contributed by atoms with van der Waals surface area (Å²) in [6.07, 6.45) is 5.94. The van der Waals surface area contributed by atoms with Crippen LogP contribution >= 0.6 is 0 Å². The van der Waals surface area contributed by atoms with Crippen LogP contribution in [-0.2, 0) is 6.54 Å². The summed E-state index contributed by atoms with van der Waals surface area (Å²) in [4.78, 5) is 2.34. The molecule has 1 aliphatic heterocycles. The van der Waals surface area contributed by atoms with E-state index in [9.17, 15) is 5.11 Å². The molecule has 2 aromatic rings. The van der Waals surface area contributed by atoms with E-state index in [-0.39, 0.29) is 6.10 Å². The molecular formula is C17H24N4O. The minimum Gasteiger partial charge on any atom is -0.390 e. The summed E-state index contributed by atoms with van der Waals surface area (Å²) in [6.45, 7) is 4.42. The first-order valence-electron chi connectivity index (χ1n) is 8.01. The summed E-state index contributed by atoms with van der Waals surface area (Å²) in [5, 5.41) is 17.7. The van der Waals surface area contributed by atoms with Gasteiger partial charge in [-0.1, -0.05) is 12.1 Å². The smallest absolute Gasteiger partial charge is 0.0791 e. The molecule has 5 heteroatoms. The van der Waals surface area contributed by atoms with Gasteiger partial charge >= 0.3 is 0 Å². The number of nitrogens with zero attached hydrogens (tertiary/aromatic N) is 3. The molecule has 1 saturated heterocycles. The maximum absolute atomic E-state index is 10.1. The number of β-amino-alcohol motifs (C(OH)–C–C–N with tert-alkyl or cyclic N) is 1. The van der Waals surface area contributed by atoms with Gasteiger partial charge in [0, 0.05) is 32.0 Å². The van der Waals surface area contributed by atoms with Crippen molar-refractivity contribution in [3.05, 3.63) is 48.3 Å². The van der Waals surface area contributed by atoms with Gasteiger partial charge in [0.15, 0.2) is 0 Å². The fourth-order valence-corrected chi connectivity index (χ4v) is 2.94. The molecule has 5 nitrogen and oxygen atoms in total. The van der Waals surface area contributed by atoms with Gasteiger partial charge in [-0.2, -0.15) is 5.10 Å². The van der Waals surface area contributed by atoms with Crippen molar-refractivity contribution < 1.29 is 5.11 Å². The fraction of sp³-hybridized carbons (Fsp3) is 0.471. The molecule has 0 spiro atoms. The molecule has 0 amide bonds. The molecule has 1 atom stereocenters. The first-order valence-corrected chi connectivity index (χ1v) is 8.01. The van der Waals surface area contributed by atoms with Crippen LogP contribution in [0.1, 0.15) is 18.4 Å². The predicted octanol–water partition coefficient (Wildman–Crippen LogP) is 1.42. The summed E-state index contributed by atoms with van der Waals surface area (Å²) in [7, 11) is 0. The third-order valence-corrected chi connectivity index (χ3v) is 4.06. The number of hydrogen-bond donors (Lipinski definition) is 2. The number of benzene rings is 1. The second-order valence-corrected chi connectivity index (χ2v) is 5.91. The lowest BCUT2D eigenvalue weighted by atomic mass is 10.2. The third kappa shape index (κ3) is 4.16. The van der Waals surface area contributed by atoms with Crippen molar-refractivity contribution in [3.8, 4) is 5.69 Å². The van der Waals surface area contributed by atoms with Gasteiger partial charge in [-0.25, -0.2) is 4.68 Å². The molecule has 0 radical (unpaired) electrons. The maximum atomic E-state index is 10.1. The van der Waals surface area contributed by atoms with Gasteiger partial charge in [-0.3, -0.25) is 0 Å². The molecule has 1 fully saturated rings. The molecule has 1 aromatic heterocycles. The molecule has 22 heavy (non-hydrogen) atoms. The van der Waals surface area contributed by atoms with Crippen LogP contribution in [0.5, 0.6) is 0 Å². The third-order valence-electron chi connectivity index (χ3n) is 4.06. The highest BCUT2D eigenvalue weighted by molar-refractivity contribution is 5.34. The predicted molar refractivity (Wildman–Crippen MR) is 87.0 cm³/mol. The van der Waals surface area contributed by atoms with Gasteiger partial charge in [0.2, 0.25) is 0 Å². The molecule has 0 bridgehead atoms. The van der Waals surface area contributed by atoms with E-state index in [4.69, 9.17) is 0 Å². The molecule has 118 valence electrons. The minimum absolute atomic E-state index is 0.299. The van der Waals surface area contributed by atoms with Crippen molar-refractivity contribution in [1.82, 2.24) is 20.0 Å². The molecule has 1 unspecified atom stereocenters. The lowest BCUT2D eigenvalue weighted by Crippen LogP contribution is -2.36. The lowest BCUT2D eigenvalue weighted by molar-refractivity contribution is 0.123. The molecule has 1 aromatic carbocycles. The molecular weight excluding hydrogens is 276 g/mol. The molecule has 1 aliphatic rings.